The van der Waals surface area contributed by atoms with Gasteiger partial charge in [0.15, 0.2) is 0 Å². The van der Waals surface area contributed by atoms with Crippen LogP contribution in [0, 0.1) is 5.82 Å². The van der Waals surface area contributed by atoms with Gasteiger partial charge in [0.25, 0.3) is 11.1 Å². The number of amides is 4. The number of halogens is 2. The first-order valence-corrected chi connectivity index (χ1v) is 12.9. The average molecular weight is 563 g/mol. The van der Waals surface area contributed by atoms with Crippen molar-refractivity contribution in [2.75, 3.05) is 17.2 Å². The maximum Gasteiger partial charge on any atom is 0.294 e. The van der Waals surface area contributed by atoms with E-state index in [-0.39, 0.29) is 17.4 Å². The fourth-order valence-corrected chi connectivity index (χ4v) is 5.10. The molecule has 5 rings (SSSR count). The van der Waals surface area contributed by atoms with E-state index in [0.29, 0.717) is 22.0 Å². The number of carbonyl (C=O) groups excluding carboxylic acids is 4. The van der Waals surface area contributed by atoms with Gasteiger partial charge in [-0.15, -0.1) is 0 Å². The van der Waals surface area contributed by atoms with Crippen molar-refractivity contribution in [2.45, 2.75) is 6.54 Å². The molecular weight excluding hydrogens is 543 g/mol. The van der Waals surface area contributed by atoms with Crippen LogP contribution in [0.1, 0.15) is 5.56 Å². The number of hydrogen-bond acceptors (Lipinski definition) is 5. The lowest BCUT2D eigenvalue weighted by atomic mass is 10.1. The van der Waals surface area contributed by atoms with Crippen LogP contribution in [0.15, 0.2) is 83.9 Å². The van der Waals surface area contributed by atoms with Gasteiger partial charge in [0.1, 0.15) is 18.9 Å². The van der Waals surface area contributed by atoms with Crippen molar-refractivity contribution in [2.24, 2.45) is 0 Å². The summed E-state index contributed by atoms with van der Waals surface area (Å²) in [6, 6.07) is 19.4. The van der Waals surface area contributed by atoms with Gasteiger partial charge in [0.2, 0.25) is 11.8 Å². The fourth-order valence-electron chi connectivity index (χ4n) is 4.08. The third kappa shape index (κ3) is 5.87. The summed E-state index contributed by atoms with van der Waals surface area (Å²) >= 11 is 6.80. The van der Waals surface area contributed by atoms with Gasteiger partial charge in [-0.3, -0.25) is 24.1 Å². The lowest BCUT2D eigenvalue weighted by Gasteiger charge is -2.13. The van der Waals surface area contributed by atoms with E-state index >= 15 is 0 Å². The van der Waals surface area contributed by atoms with Crippen LogP contribution < -0.4 is 10.6 Å². The number of carbonyl (C=O) groups is 4. The molecule has 1 aliphatic rings. The zero-order valence-corrected chi connectivity index (χ0v) is 21.8. The van der Waals surface area contributed by atoms with Gasteiger partial charge in [-0.05, 0) is 60.3 Å². The van der Waals surface area contributed by atoms with Crippen molar-refractivity contribution < 1.29 is 23.6 Å². The van der Waals surface area contributed by atoms with Gasteiger partial charge in [0, 0.05) is 28.4 Å². The zero-order chi connectivity index (χ0) is 27.5. The van der Waals surface area contributed by atoms with Crippen molar-refractivity contribution in [3.05, 3.63) is 100 Å². The maximum absolute atomic E-state index is 13.2. The second kappa shape index (κ2) is 11.1. The Labute approximate surface area is 231 Å². The largest absolute Gasteiger partial charge is 0.337 e. The number of imide groups is 1. The number of para-hydroxylation sites is 2. The summed E-state index contributed by atoms with van der Waals surface area (Å²) in [5, 5.41) is 5.87. The molecule has 0 radical (unpaired) electrons. The molecule has 0 saturated carbocycles. The molecule has 1 aliphatic heterocycles. The van der Waals surface area contributed by atoms with Crippen LogP contribution in [-0.4, -0.2) is 39.0 Å². The number of benzene rings is 3. The van der Waals surface area contributed by atoms with Gasteiger partial charge >= 0.3 is 0 Å². The summed E-state index contributed by atoms with van der Waals surface area (Å²) in [4.78, 5) is 51.8. The van der Waals surface area contributed by atoms with Gasteiger partial charge in [0.05, 0.1) is 15.6 Å². The Morgan fingerprint density at radius 2 is 1.59 bits per heavy atom. The van der Waals surface area contributed by atoms with E-state index in [0.717, 1.165) is 27.6 Å². The molecule has 4 aromatic rings. The van der Waals surface area contributed by atoms with Crippen LogP contribution >= 0.6 is 23.4 Å². The molecule has 0 atom stereocenters. The van der Waals surface area contributed by atoms with Crippen molar-refractivity contribution in [3.8, 4) is 0 Å². The predicted molar refractivity (Wildman–Crippen MR) is 150 cm³/mol. The molecule has 1 fully saturated rings. The highest BCUT2D eigenvalue weighted by atomic mass is 35.5. The molecule has 0 aliphatic carbocycles. The standard InChI is InChI=1S/C28H20ClFN4O4S/c29-21-6-2-3-7-22(21)32-26(36)16-34-27(37)24(39-28(34)38)13-17-14-33(23-8-4-1-5-20(17)23)15-25(35)31-19-11-9-18(30)10-12-19/h1-14H,15-16H2,(H,31,35)(H,32,36)/b24-13+. The molecular formula is C28H20ClFN4O4S. The Balaban J connectivity index is 1.33. The maximum atomic E-state index is 13.2. The van der Waals surface area contributed by atoms with Crippen LogP contribution in [0.3, 0.4) is 0 Å². The third-order valence-electron chi connectivity index (χ3n) is 5.87. The molecule has 11 heteroatoms. The summed E-state index contributed by atoms with van der Waals surface area (Å²) in [6.07, 6.45) is 3.29. The number of aromatic nitrogens is 1. The lowest BCUT2D eigenvalue weighted by molar-refractivity contribution is -0.127. The number of hydrogen-bond donors (Lipinski definition) is 2. The Hall–Kier alpha value is -4.41. The van der Waals surface area contributed by atoms with Crippen LogP contribution in [0.4, 0.5) is 20.6 Å². The predicted octanol–water partition coefficient (Wildman–Crippen LogP) is 5.75. The average Bonchev–Trinajstić information content (AvgIpc) is 3.38. The number of anilines is 2. The molecule has 4 amide bonds. The molecule has 0 unspecified atom stereocenters. The number of thioether (sulfide) groups is 1. The minimum atomic E-state index is -0.592. The van der Waals surface area contributed by atoms with Crippen LogP contribution in [0.5, 0.6) is 0 Å². The van der Waals surface area contributed by atoms with E-state index in [1.54, 1.807) is 41.1 Å². The molecule has 2 heterocycles. The Morgan fingerprint density at radius 3 is 2.36 bits per heavy atom. The third-order valence-corrected chi connectivity index (χ3v) is 7.11. The van der Waals surface area contributed by atoms with Crippen LogP contribution in [-0.2, 0) is 20.9 Å². The highest BCUT2D eigenvalue weighted by molar-refractivity contribution is 8.18. The summed E-state index contributed by atoms with van der Waals surface area (Å²) in [5.74, 6) is -1.88. The SMILES string of the molecule is O=C(Cn1cc(/C=C2/SC(=O)N(CC(=O)Nc3ccccc3Cl)C2=O)c2ccccc21)Nc1ccc(F)cc1. The summed E-state index contributed by atoms with van der Waals surface area (Å²) in [7, 11) is 0. The molecule has 3 aromatic carbocycles. The van der Waals surface area contributed by atoms with Gasteiger partial charge in [-0.2, -0.15) is 0 Å². The molecule has 39 heavy (non-hydrogen) atoms. The van der Waals surface area contributed by atoms with Crippen LogP contribution in [0.2, 0.25) is 5.02 Å². The number of nitrogens with zero attached hydrogens (tertiary/aromatic N) is 2. The normalized spacial score (nSPS) is 14.3. The van der Waals surface area contributed by atoms with E-state index in [1.807, 2.05) is 24.3 Å². The van der Waals surface area contributed by atoms with E-state index in [9.17, 15) is 23.6 Å². The van der Waals surface area contributed by atoms with Crippen molar-refractivity contribution in [1.29, 1.82) is 0 Å². The Morgan fingerprint density at radius 1 is 0.897 bits per heavy atom. The van der Waals surface area contributed by atoms with E-state index in [4.69, 9.17) is 11.6 Å². The first kappa shape index (κ1) is 26.2. The van der Waals surface area contributed by atoms with E-state index in [1.165, 1.54) is 24.3 Å². The van der Waals surface area contributed by atoms with Crippen molar-refractivity contribution >= 4 is 74.7 Å². The van der Waals surface area contributed by atoms with E-state index in [2.05, 4.69) is 10.6 Å². The highest BCUT2D eigenvalue weighted by Gasteiger charge is 2.36. The quantitative estimate of drug-likeness (QED) is 0.279. The smallest absolute Gasteiger partial charge is 0.294 e. The first-order chi connectivity index (χ1) is 18.8. The van der Waals surface area contributed by atoms with Crippen molar-refractivity contribution in [3.63, 3.8) is 0 Å². The minimum absolute atomic E-state index is 0.0323. The second-order valence-electron chi connectivity index (χ2n) is 8.58. The molecule has 1 aromatic heterocycles. The minimum Gasteiger partial charge on any atom is -0.337 e. The summed E-state index contributed by atoms with van der Waals surface area (Å²) < 4.78 is 14.9. The molecule has 196 valence electrons. The first-order valence-electron chi connectivity index (χ1n) is 11.7. The monoisotopic (exact) mass is 562 g/mol. The van der Waals surface area contributed by atoms with E-state index < -0.39 is 29.4 Å². The Bertz CT molecular complexity index is 1650. The molecule has 2 N–H and O–H groups in total. The molecule has 8 nitrogen and oxygen atoms in total. The van der Waals surface area contributed by atoms with Gasteiger partial charge < -0.3 is 15.2 Å². The number of rotatable bonds is 7. The van der Waals surface area contributed by atoms with Gasteiger partial charge in [-0.1, -0.05) is 41.9 Å². The van der Waals surface area contributed by atoms with Crippen molar-refractivity contribution in [1.82, 2.24) is 9.47 Å². The molecule has 0 spiro atoms. The molecule has 0 bridgehead atoms. The number of fused-ring (bicyclic) bond motifs is 1. The van der Waals surface area contributed by atoms with Crippen LogP contribution in [0.25, 0.3) is 17.0 Å². The summed E-state index contributed by atoms with van der Waals surface area (Å²) in [5.41, 5.74) is 2.22. The topological polar surface area (TPSA) is 101 Å². The summed E-state index contributed by atoms with van der Waals surface area (Å²) in [6.45, 7) is -0.492. The van der Waals surface area contributed by atoms with Gasteiger partial charge in [-0.25, -0.2) is 4.39 Å². The molecule has 1 saturated heterocycles. The lowest BCUT2D eigenvalue weighted by Crippen LogP contribution is -2.36. The second-order valence-corrected chi connectivity index (χ2v) is 9.98. The fraction of sp³-hybridized carbons (Fsp3) is 0.0714. The number of nitrogens with one attached hydrogen (secondary N) is 2. The highest BCUT2D eigenvalue weighted by Crippen LogP contribution is 2.34. The Kier molecular flexibility index (Phi) is 7.49. The zero-order valence-electron chi connectivity index (χ0n) is 20.2.